The topological polar surface area (TPSA) is 138 Å². The fraction of sp³-hybridized carbons (Fsp3) is 0.550. The number of nitrogen functional groups attached to an aromatic ring is 1. The number of tetrazole rings is 1. The summed E-state index contributed by atoms with van der Waals surface area (Å²) in [6, 6.07) is 8.86. The number of halogens is 1. The minimum atomic E-state index is 0.0427. The van der Waals surface area contributed by atoms with Crippen LogP contribution in [0.5, 0.6) is 0 Å². The van der Waals surface area contributed by atoms with Gasteiger partial charge in [-0.25, -0.2) is 0 Å². The number of nitrogens with zero attached hydrogens (tertiary/aromatic N) is 7. The van der Waals surface area contributed by atoms with Gasteiger partial charge < -0.3 is 15.4 Å². The summed E-state index contributed by atoms with van der Waals surface area (Å²) in [5.74, 6) is 1.78. The molecular weight excluding hydrogens is 432 g/mol. The molecule has 0 unspecified atom stereocenters. The molecule has 0 radical (unpaired) electrons. The number of benzene rings is 1. The zero-order valence-electron chi connectivity index (χ0n) is 17.7. The molecule has 0 saturated carbocycles. The lowest BCUT2D eigenvalue weighted by atomic mass is 9.96. The number of H-pyrrole nitrogens is 2. The molecule has 0 bridgehead atoms. The molecular formula is C20H27ClN10O. The Bertz CT molecular complexity index is 986. The van der Waals surface area contributed by atoms with Crippen LogP contribution >= 0.6 is 11.6 Å². The van der Waals surface area contributed by atoms with Gasteiger partial charge in [0.05, 0.1) is 12.7 Å². The van der Waals surface area contributed by atoms with E-state index in [1.807, 2.05) is 12.1 Å². The highest BCUT2D eigenvalue weighted by atomic mass is 35.5. The summed E-state index contributed by atoms with van der Waals surface area (Å²) in [5, 5.41) is 23.2. The zero-order valence-corrected chi connectivity index (χ0v) is 18.4. The number of nitrogens with two attached hydrogens (primary N) is 1. The van der Waals surface area contributed by atoms with Crippen molar-refractivity contribution in [2.24, 2.45) is 0 Å². The zero-order chi connectivity index (χ0) is 21.9. The second-order valence-corrected chi connectivity index (χ2v) is 8.86. The van der Waals surface area contributed by atoms with E-state index in [2.05, 4.69) is 57.7 Å². The van der Waals surface area contributed by atoms with E-state index >= 15 is 0 Å². The summed E-state index contributed by atoms with van der Waals surface area (Å²) in [4.78, 5) is 7.87. The number of nitrogens with one attached hydrogen (secondary N) is 2. The number of morpholine rings is 1. The number of ether oxygens (including phenoxy) is 1. The maximum atomic E-state index is 6.24. The first-order chi connectivity index (χ1) is 15.6. The van der Waals surface area contributed by atoms with Gasteiger partial charge in [-0.2, -0.15) is 5.21 Å². The number of hydrogen-bond donors (Lipinski definition) is 3. The molecule has 2 aromatic heterocycles. The Morgan fingerprint density at radius 3 is 2.59 bits per heavy atom. The summed E-state index contributed by atoms with van der Waals surface area (Å²) in [7, 11) is 0. The molecule has 0 spiro atoms. The first-order valence-electron chi connectivity index (χ1n) is 10.9. The van der Waals surface area contributed by atoms with E-state index in [0.717, 1.165) is 49.9 Å². The van der Waals surface area contributed by atoms with Crippen LogP contribution in [0.15, 0.2) is 24.3 Å². The van der Waals surface area contributed by atoms with E-state index in [4.69, 9.17) is 22.1 Å². The average Bonchev–Trinajstić information content (AvgIpc) is 3.48. The van der Waals surface area contributed by atoms with Crippen LogP contribution in [0.4, 0.5) is 11.9 Å². The Labute approximate surface area is 190 Å². The molecule has 5 rings (SSSR count). The van der Waals surface area contributed by atoms with Gasteiger partial charge in [-0.05, 0) is 37.0 Å². The quantitative estimate of drug-likeness (QED) is 0.495. The highest BCUT2D eigenvalue weighted by Crippen LogP contribution is 2.27. The molecule has 2 saturated heterocycles. The van der Waals surface area contributed by atoms with Gasteiger partial charge in [-0.15, -0.1) is 20.4 Å². The Morgan fingerprint density at radius 2 is 1.91 bits per heavy atom. The molecule has 1 aromatic carbocycles. The van der Waals surface area contributed by atoms with Crippen molar-refractivity contribution in [2.45, 2.75) is 43.9 Å². The second kappa shape index (κ2) is 9.39. The van der Waals surface area contributed by atoms with E-state index in [-0.39, 0.29) is 6.10 Å². The van der Waals surface area contributed by atoms with E-state index in [1.165, 1.54) is 5.56 Å². The number of hydrogen-bond acceptors (Lipinski definition) is 9. The summed E-state index contributed by atoms with van der Waals surface area (Å²) >= 11 is 6.08. The molecule has 12 heteroatoms. The number of aromatic nitrogens is 7. The van der Waals surface area contributed by atoms with E-state index < -0.39 is 0 Å². The largest absolute Gasteiger partial charge is 0.375 e. The maximum Gasteiger partial charge on any atom is 0.226 e. The Morgan fingerprint density at radius 1 is 1.09 bits per heavy atom. The summed E-state index contributed by atoms with van der Waals surface area (Å²) in [6.45, 7) is 3.32. The van der Waals surface area contributed by atoms with Crippen LogP contribution in [-0.4, -0.2) is 85.1 Å². The Hall–Kier alpha value is -2.76. The molecule has 170 valence electrons. The number of piperidine rings is 1. The van der Waals surface area contributed by atoms with Crippen LogP contribution < -0.4 is 10.6 Å². The molecule has 32 heavy (non-hydrogen) atoms. The third-order valence-electron chi connectivity index (χ3n) is 6.32. The van der Waals surface area contributed by atoms with Crippen molar-refractivity contribution in [3.8, 4) is 0 Å². The average molecular weight is 459 g/mol. The standard InChI is InChI=1S/C20H27ClN10O/c21-14-3-1-13(2-4-14)9-16-12-32-17(10-18-24-28-29-25-18)11-31(16)15-5-7-30(8-6-15)20-23-19(22)26-27-20/h1-4,15-17H,5-12H2,(H3,22,23,26,27)(H,24,25,28,29)/t16-,17-/m0/s1. The van der Waals surface area contributed by atoms with Gasteiger partial charge >= 0.3 is 0 Å². The van der Waals surface area contributed by atoms with Crippen molar-refractivity contribution in [3.05, 3.63) is 40.7 Å². The molecule has 0 amide bonds. The normalized spacial score (nSPS) is 23.0. The van der Waals surface area contributed by atoms with E-state index in [9.17, 15) is 0 Å². The Kier molecular flexibility index (Phi) is 6.19. The van der Waals surface area contributed by atoms with Crippen molar-refractivity contribution >= 4 is 23.5 Å². The number of rotatable bonds is 6. The van der Waals surface area contributed by atoms with Gasteiger partial charge in [0.1, 0.15) is 0 Å². The minimum Gasteiger partial charge on any atom is -0.375 e. The summed E-state index contributed by atoms with van der Waals surface area (Å²) in [6.07, 6.45) is 3.68. The molecule has 11 nitrogen and oxygen atoms in total. The minimum absolute atomic E-state index is 0.0427. The molecule has 2 fully saturated rings. The summed E-state index contributed by atoms with van der Waals surface area (Å²) < 4.78 is 6.24. The van der Waals surface area contributed by atoms with Crippen LogP contribution in [0.2, 0.25) is 5.02 Å². The second-order valence-electron chi connectivity index (χ2n) is 8.42. The maximum absolute atomic E-state index is 6.24. The molecule has 4 heterocycles. The van der Waals surface area contributed by atoms with Gasteiger partial charge in [-0.1, -0.05) is 28.9 Å². The lowest BCUT2D eigenvalue weighted by molar-refractivity contribution is -0.0820. The van der Waals surface area contributed by atoms with Gasteiger partial charge in [0.25, 0.3) is 0 Å². The number of anilines is 2. The van der Waals surface area contributed by atoms with E-state index in [0.29, 0.717) is 36.9 Å². The first-order valence-corrected chi connectivity index (χ1v) is 11.3. The third-order valence-corrected chi connectivity index (χ3v) is 6.57. The van der Waals surface area contributed by atoms with Crippen LogP contribution in [0.1, 0.15) is 24.2 Å². The van der Waals surface area contributed by atoms with Gasteiger partial charge in [0.2, 0.25) is 11.9 Å². The molecule has 2 aliphatic heterocycles. The fourth-order valence-electron chi connectivity index (χ4n) is 4.71. The van der Waals surface area contributed by atoms with Crippen LogP contribution in [0.3, 0.4) is 0 Å². The van der Waals surface area contributed by atoms with Crippen molar-refractivity contribution in [1.29, 1.82) is 0 Å². The summed E-state index contributed by atoms with van der Waals surface area (Å²) in [5.41, 5.74) is 6.96. The Balaban J connectivity index is 1.27. The predicted octanol–water partition coefficient (Wildman–Crippen LogP) is 1.08. The highest BCUT2D eigenvalue weighted by molar-refractivity contribution is 6.30. The van der Waals surface area contributed by atoms with Crippen LogP contribution in [0.25, 0.3) is 0 Å². The lowest BCUT2D eigenvalue weighted by Crippen LogP contribution is -2.57. The van der Waals surface area contributed by atoms with Crippen molar-refractivity contribution in [1.82, 2.24) is 40.7 Å². The van der Waals surface area contributed by atoms with Crippen LogP contribution in [0, 0.1) is 0 Å². The van der Waals surface area contributed by atoms with Crippen molar-refractivity contribution in [2.75, 3.05) is 36.9 Å². The van der Waals surface area contributed by atoms with Gasteiger partial charge in [0, 0.05) is 43.2 Å². The van der Waals surface area contributed by atoms with Crippen molar-refractivity contribution < 1.29 is 4.74 Å². The molecule has 2 aliphatic rings. The van der Waals surface area contributed by atoms with Crippen LogP contribution in [-0.2, 0) is 17.6 Å². The molecule has 0 aliphatic carbocycles. The van der Waals surface area contributed by atoms with E-state index in [1.54, 1.807) is 0 Å². The fourth-order valence-corrected chi connectivity index (χ4v) is 4.84. The van der Waals surface area contributed by atoms with Gasteiger partial charge in [-0.3, -0.25) is 9.88 Å². The molecule has 4 N–H and O–H groups in total. The first kappa shape index (κ1) is 21.1. The monoisotopic (exact) mass is 458 g/mol. The SMILES string of the molecule is Nc1nnc(N2CCC(N3C[C@H](Cc4nn[nH]n4)OC[C@@H]3Cc3ccc(Cl)cc3)CC2)[nH]1. The smallest absolute Gasteiger partial charge is 0.226 e. The predicted molar refractivity (Wildman–Crippen MR) is 119 cm³/mol. The lowest BCUT2D eigenvalue weighted by Gasteiger charge is -2.46. The molecule has 2 atom stereocenters. The van der Waals surface area contributed by atoms with Crippen molar-refractivity contribution in [3.63, 3.8) is 0 Å². The highest BCUT2D eigenvalue weighted by Gasteiger charge is 2.36. The number of aromatic amines is 2. The van der Waals surface area contributed by atoms with Gasteiger partial charge in [0.15, 0.2) is 5.82 Å². The third kappa shape index (κ3) is 4.84. The molecule has 3 aromatic rings.